The molecule has 0 spiro atoms. The van der Waals surface area contributed by atoms with Crippen LogP contribution in [0.4, 0.5) is 10.2 Å². The summed E-state index contributed by atoms with van der Waals surface area (Å²) in [7, 11) is -3.71. The Kier molecular flexibility index (Phi) is 8.11. The molecule has 3 aromatic rings. The van der Waals surface area contributed by atoms with E-state index in [1.165, 1.54) is 16.4 Å². The molecule has 0 aliphatic heterocycles. The average molecular weight is 505 g/mol. The lowest BCUT2D eigenvalue weighted by Gasteiger charge is -2.23. The smallest absolute Gasteiger partial charge is 0.252 e. The van der Waals surface area contributed by atoms with Gasteiger partial charge in [-0.25, -0.2) is 12.8 Å². The molecule has 0 unspecified atom stereocenters. The molecule has 11 heteroatoms. The SMILES string of the molecule is CCC(=O)NCCCN(c1nc2oc(Cc3ccc(F)cc3)c(C(N)=O)c2cc1CC)S(C)(=O)=O. The van der Waals surface area contributed by atoms with Crippen molar-refractivity contribution in [1.29, 1.82) is 0 Å². The second-order valence-electron chi connectivity index (χ2n) is 8.14. The molecule has 0 saturated carbocycles. The molecule has 0 aliphatic carbocycles. The lowest BCUT2D eigenvalue weighted by Crippen LogP contribution is -2.34. The third-order valence-corrected chi connectivity index (χ3v) is 6.69. The first-order valence-electron chi connectivity index (χ1n) is 11.3. The van der Waals surface area contributed by atoms with Crippen LogP contribution in [0.2, 0.25) is 0 Å². The zero-order valence-electron chi connectivity index (χ0n) is 19.9. The number of hydrogen-bond acceptors (Lipinski definition) is 6. The number of hydrogen-bond donors (Lipinski definition) is 2. The topological polar surface area (TPSA) is 136 Å². The zero-order chi connectivity index (χ0) is 25.8. The van der Waals surface area contributed by atoms with Crippen LogP contribution in [0.15, 0.2) is 34.7 Å². The molecule has 2 aromatic heterocycles. The number of carbonyl (C=O) groups is 2. The van der Waals surface area contributed by atoms with Gasteiger partial charge in [0.05, 0.1) is 17.2 Å². The standard InChI is InChI=1S/C24H29FN4O5S/c1-4-16-14-18-21(22(26)31)19(13-15-7-9-17(25)10-8-15)34-24(18)28-23(16)29(35(3,32)33)12-6-11-27-20(30)5-2/h7-10,14H,4-6,11-13H2,1-3H3,(H2,26,31)(H,27,30). The van der Waals surface area contributed by atoms with Crippen molar-refractivity contribution in [2.75, 3.05) is 23.7 Å². The largest absolute Gasteiger partial charge is 0.441 e. The van der Waals surface area contributed by atoms with Crippen LogP contribution >= 0.6 is 0 Å². The van der Waals surface area contributed by atoms with Crippen molar-refractivity contribution >= 4 is 38.8 Å². The van der Waals surface area contributed by atoms with E-state index in [2.05, 4.69) is 10.3 Å². The zero-order valence-corrected chi connectivity index (χ0v) is 20.7. The van der Waals surface area contributed by atoms with Crippen molar-refractivity contribution in [1.82, 2.24) is 10.3 Å². The normalized spacial score (nSPS) is 11.5. The Bertz CT molecular complexity index is 1340. The number of pyridine rings is 1. The summed E-state index contributed by atoms with van der Waals surface area (Å²) in [6, 6.07) is 7.44. The van der Waals surface area contributed by atoms with E-state index in [-0.39, 0.29) is 47.5 Å². The molecule has 0 saturated heterocycles. The number of nitrogens with zero attached hydrogens (tertiary/aromatic N) is 2. The Morgan fingerprint density at radius 1 is 1.20 bits per heavy atom. The predicted molar refractivity (Wildman–Crippen MR) is 131 cm³/mol. The number of rotatable bonds is 11. The van der Waals surface area contributed by atoms with Crippen LogP contribution in [0.25, 0.3) is 11.1 Å². The number of halogens is 1. The van der Waals surface area contributed by atoms with E-state index in [0.717, 1.165) is 6.26 Å². The van der Waals surface area contributed by atoms with Gasteiger partial charge in [-0.15, -0.1) is 0 Å². The van der Waals surface area contributed by atoms with Gasteiger partial charge in [0.1, 0.15) is 17.4 Å². The fraction of sp³-hybridized carbons (Fsp3) is 0.375. The maximum Gasteiger partial charge on any atom is 0.252 e. The number of carbonyl (C=O) groups excluding carboxylic acids is 2. The van der Waals surface area contributed by atoms with Crippen LogP contribution in [0.1, 0.15) is 53.9 Å². The minimum absolute atomic E-state index is 0.0797. The second kappa shape index (κ2) is 10.9. The van der Waals surface area contributed by atoms with Gasteiger partial charge in [-0.05, 0) is 42.2 Å². The van der Waals surface area contributed by atoms with Crippen LogP contribution in [0.5, 0.6) is 0 Å². The fourth-order valence-corrected chi connectivity index (χ4v) is 4.70. The highest BCUT2D eigenvalue weighted by molar-refractivity contribution is 7.92. The van der Waals surface area contributed by atoms with Gasteiger partial charge < -0.3 is 15.5 Å². The molecule has 3 rings (SSSR count). The van der Waals surface area contributed by atoms with Crippen LogP contribution in [0, 0.1) is 5.82 Å². The fourth-order valence-electron chi connectivity index (χ4n) is 3.77. The van der Waals surface area contributed by atoms with Gasteiger partial charge >= 0.3 is 0 Å². The first-order valence-corrected chi connectivity index (χ1v) is 13.1. The van der Waals surface area contributed by atoms with Gasteiger partial charge in [0.25, 0.3) is 5.91 Å². The van der Waals surface area contributed by atoms with Gasteiger partial charge in [-0.2, -0.15) is 4.98 Å². The molecule has 2 amide bonds. The predicted octanol–water partition coefficient (Wildman–Crippen LogP) is 2.90. The van der Waals surface area contributed by atoms with Crippen LogP contribution < -0.4 is 15.4 Å². The number of benzene rings is 1. The van der Waals surface area contributed by atoms with Crippen molar-refractivity contribution in [2.24, 2.45) is 5.73 Å². The summed E-state index contributed by atoms with van der Waals surface area (Å²) in [5.74, 6) is -0.749. The maximum atomic E-state index is 13.3. The Hall–Kier alpha value is -3.47. The van der Waals surface area contributed by atoms with E-state index in [1.54, 1.807) is 25.1 Å². The quantitative estimate of drug-likeness (QED) is 0.386. The lowest BCUT2D eigenvalue weighted by molar-refractivity contribution is -0.120. The summed E-state index contributed by atoms with van der Waals surface area (Å²) in [5, 5.41) is 3.11. The number of fused-ring (bicyclic) bond motifs is 1. The lowest BCUT2D eigenvalue weighted by atomic mass is 10.0. The molecule has 188 valence electrons. The van der Waals surface area contributed by atoms with E-state index < -0.39 is 15.9 Å². The first-order chi connectivity index (χ1) is 16.5. The number of anilines is 1. The molecule has 3 N–H and O–H groups in total. The minimum Gasteiger partial charge on any atom is -0.441 e. The molecule has 2 heterocycles. The van der Waals surface area contributed by atoms with Gasteiger partial charge in [0.15, 0.2) is 0 Å². The second-order valence-corrected chi connectivity index (χ2v) is 10.0. The monoisotopic (exact) mass is 504 g/mol. The maximum absolute atomic E-state index is 13.3. The number of sulfonamides is 1. The Morgan fingerprint density at radius 2 is 1.89 bits per heavy atom. The molecule has 9 nitrogen and oxygen atoms in total. The minimum atomic E-state index is -3.71. The highest BCUT2D eigenvalue weighted by atomic mass is 32.2. The molecule has 0 fully saturated rings. The van der Waals surface area contributed by atoms with E-state index in [0.29, 0.717) is 42.3 Å². The Morgan fingerprint density at radius 3 is 2.46 bits per heavy atom. The van der Waals surface area contributed by atoms with E-state index in [1.807, 2.05) is 6.92 Å². The van der Waals surface area contributed by atoms with Crippen molar-refractivity contribution in [3.63, 3.8) is 0 Å². The first kappa shape index (κ1) is 26.1. The van der Waals surface area contributed by atoms with Crippen molar-refractivity contribution < 1.29 is 26.8 Å². The van der Waals surface area contributed by atoms with Gasteiger partial charge in [0.2, 0.25) is 21.6 Å². The summed E-state index contributed by atoms with van der Waals surface area (Å²) >= 11 is 0. The van der Waals surface area contributed by atoms with Gasteiger partial charge in [-0.1, -0.05) is 26.0 Å². The van der Waals surface area contributed by atoms with Crippen molar-refractivity contribution in [2.45, 2.75) is 39.5 Å². The summed E-state index contributed by atoms with van der Waals surface area (Å²) < 4.78 is 45.6. The number of furan rings is 1. The molecule has 35 heavy (non-hydrogen) atoms. The molecule has 1 aromatic carbocycles. The van der Waals surface area contributed by atoms with Crippen molar-refractivity contribution in [3.8, 4) is 0 Å². The van der Waals surface area contributed by atoms with Gasteiger partial charge in [0, 0.05) is 25.9 Å². The molecular weight excluding hydrogens is 475 g/mol. The third kappa shape index (κ3) is 6.16. The Balaban J connectivity index is 2.04. The summed E-state index contributed by atoms with van der Waals surface area (Å²) in [5.41, 5.74) is 7.19. The average Bonchev–Trinajstić information content (AvgIpc) is 3.15. The highest BCUT2D eigenvalue weighted by Gasteiger charge is 2.26. The van der Waals surface area contributed by atoms with E-state index in [9.17, 15) is 22.4 Å². The third-order valence-electron chi connectivity index (χ3n) is 5.53. The van der Waals surface area contributed by atoms with Gasteiger partial charge in [-0.3, -0.25) is 13.9 Å². The number of amides is 2. The molecule has 0 bridgehead atoms. The van der Waals surface area contributed by atoms with E-state index in [4.69, 9.17) is 10.2 Å². The summed E-state index contributed by atoms with van der Waals surface area (Å²) in [4.78, 5) is 28.3. The number of nitrogens with two attached hydrogens (primary N) is 1. The number of primary amides is 1. The van der Waals surface area contributed by atoms with Crippen LogP contribution in [0.3, 0.4) is 0 Å². The van der Waals surface area contributed by atoms with Crippen LogP contribution in [-0.2, 0) is 27.7 Å². The molecular formula is C24H29FN4O5S. The number of aromatic nitrogens is 1. The Labute approximate surface area is 203 Å². The van der Waals surface area contributed by atoms with Crippen molar-refractivity contribution in [3.05, 3.63) is 58.6 Å². The number of nitrogens with one attached hydrogen (secondary N) is 1. The highest BCUT2D eigenvalue weighted by Crippen LogP contribution is 2.32. The summed E-state index contributed by atoms with van der Waals surface area (Å²) in [6.45, 7) is 3.99. The number of aryl methyl sites for hydroxylation is 1. The molecule has 0 atom stereocenters. The van der Waals surface area contributed by atoms with Crippen LogP contribution in [-0.4, -0.2) is 44.6 Å². The van der Waals surface area contributed by atoms with E-state index >= 15 is 0 Å². The summed E-state index contributed by atoms with van der Waals surface area (Å²) in [6.07, 6.45) is 2.42. The molecule has 0 radical (unpaired) electrons. The molecule has 0 aliphatic rings.